The molecule has 0 radical (unpaired) electrons. The number of carbonyl (C=O) groups excluding carboxylic acids is 2. The fourth-order valence-corrected chi connectivity index (χ4v) is 1.51. The van der Waals surface area contributed by atoms with Gasteiger partial charge in [-0.2, -0.15) is 0 Å². The van der Waals surface area contributed by atoms with Gasteiger partial charge < -0.3 is 13.9 Å². The molecule has 5 nitrogen and oxygen atoms in total. The molecule has 0 fully saturated rings. The van der Waals surface area contributed by atoms with Gasteiger partial charge in [0.2, 0.25) is 0 Å². The van der Waals surface area contributed by atoms with E-state index in [-0.39, 0.29) is 11.1 Å². The van der Waals surface area contributed by atoms with E-state index in [1.165, 1.54) is 20.5 Å². The summed E-state index contributed by atoms with van der Waals surface area (Å²) in [7, 11) is 2.52. The number of furan rings is 1. The molecule has 1 heterocycles. The van der Waals surface area contributed by atoms with Crippen molar-refractivity contribution in [1.29, 1.82) is 0 Å². The Bertz CT molecular complexity index is 405. The normalized spacial score (nSPS) is 10.1. The van der Waals surface area contributed by atoms with Crippen LogP contribution in [0.15, 0.2) is 10.7 Å². The predicted octanol–water partition coefficient (Wildman–Crippen LogP) is 2.20. The van der Waals surface area contributed by atoms with Crippen molar-refractivity contribution in [3.63, 3.8) is 0 Å². The summed E-state index contributed by atoms with van der Waals surface area (Å²) in [5.41, 5.74) is 0.290. The molecule has 0 saturated heterocycles. The first-order valence-corrected chi connectivity index (χ1v) is 5.42. The summed E-state index contributed by atoms with van der Waals surface area (Å²) < 4.78 is 14.5. The quantitative estimate of drug-likeness (QED) is 0.738. The third kappa shape index (κ3) is 2.87. The van der Waals surface area contributed by atoms with Crippen LogP contribution in [-0.4, -0.2) is 26.2 Å². The summed E-state index contributed by atoms with van der Waals surface area (Å²) in [6.45, 7) is 2.03. The van der Waals surface area contributed by atoms with Crippen molar-refractivity contribution in [2.45, 2.75) is 26.2 Å². The molecular weight excluding hydrogens is 224 g/mol. The number of hydrogen-bond acceptors (Lipinski definition) is 5. The average Bonchev–Trinajstić information content (AvgIpc) is 2.78. The number of hydrogen-bond donors (Lipinski definition) is 0. The van der Waals surface area contributed by atoms with E-state index in [1.807, 2.05) is 6.92 Å². The molecule has 1 aromatic heterocycles. The maximum Gasteiger partial charge on any atom is 0.342 e. The van der Waals surface area contributed by atoms with Crippen LogP contribution in [0.4, 0.5) is 0 Å². The standard InChI is InChI=1S/C12H16O5/c1-4-5-6-9-10(12(14)16-3)8(7-17-9)11(13)15-2/h7H,4-6H2,1-3H3. The van der Waals surface area contributed by atoms with Gasteiger partial charge in [-0.1, -0.05) is 13.3 Å². The zero-order chi connectivity index (χ0) is 12.8. The van der Waals surface area contributed by atoms with Gasteiger partial charge in [-0.25, -0.2) is 9.59 Å². The van der Waals surface area contributed by atoms with Crippen molar-refractivity contribution >= 4 is 11.9 Å². The molecule has 0 aliphatic carbocycles. The molecule has 0 saturated carbocycles. The van der Waals surface area contributed by atoms with Gasteiger partial charge in [0.25, 0.3) is 0 Å². The number of carbonyl (C=O) groups is 2. The van der Waals surface area contributed by atoms with Gasteiger partial charge in [0.05, 0.1) is 14.2 Å². The monoisotopic (exact) mass is 240 g/mol. The highest BCUT2D eigenvalue weighted by molar-refractivity contribution is 6.03. The molecule has 0 aliphatic rings. The average molecular weight is 240 g/mol. The van der Waals surface area contributed by atoms with Crippen LogP contribution >= 0.6 is 0 Å². The number of rotatable bonds is 5. The molecule has 17 heavy (non-hydrogen) atoms. The Kier molecular flexibility index (Phi) is 4.75. The fourth-order valence-electron chi connectivity index (χ4n) is 1.51. The van der Waals surface area contributed by atoms with Crippen molar-refractivity contribution in [3.8, 4) is 0 Å². The lowest BCUT2D eigenvalue weighted by Gasteiger charge is -2.02. The van der Waals surface area contributed by atoms with Gasteiger partial charge in [0.15, 0.2) is 0 Å². The Morgan fingerprint density at radius 1 is 1.24 bits per heavy atom. The van der Waals surface area contributed by atoms with Crippen LogP contribution in [0, 0.1) is 0 Å². The lowest BCUT2D eigenvalue weighted by molar-refractivity contribution is 0.0555. The van der Waals surface area contributed by atoms with Crippen LogP contribution in [-0.2, 0) is 15.9 Å². The molecule has 1 rings (SSSR count). The van der Waals surface area contributed by atoms with Crippen LogP contribution in [0.5, 0.6) is 0 Å². The first kappa shape index (κ1) is 13.3. The summed E-state index contributed by atoms with van der Waals surface area (Å²) in [6.07, 6.45) is 3.67. The summed E-state index contributed by atoms with van der Waals surface area (Å²) in [5.74, 6) is -0.707. The smallest absolute Gasteiger partial charge is 0.342 e. The van der Waals surface area contributed by atoms with E-state index < -0.39 is 11.9 Å². The maximum absolute atomic E-state index is 11.6. The Hall–Kier alpha value is -1.78. The largest absolute Gasteiger partial charge is 0.467 e. The first-order chi connectivity index (χ1) is 8.15. The highest BCUT2D eigenvalue weighted by atomic mass is 16.5. The third-order valence-corrected chi connectivity index (χ3v) is 2.42. The molecule has 0 N–H and O–H groups in total. The van der Waals surface area contributed by atoms with Crippen molar-refractivity contribution < 1.29 is 23.5 Å². The lowest BCUT2D eigenvalue weighted by atomic mass is 10.1. The molecule has 0 amide bonds. The molecule has 94 valence electrons. The summed E-state index contributed by atoms with van der Waals surface area (Å²) >= 11 is 0. The van der Waals surface area contributed by atoms with E-state index >= 15 is 0 Å². The molecule has 1 aromatic rings. The number of aryl methyl sites for hydroxylation is 1. The number of methoxy groups -OCH3 is 2. The van der Waals surface area contributed by atoms with Crippen LogP contribution < -0.4 is 0 Å². The molecule has 0 unspecified atom stereocenters. The van der Waals surface area contributed by atoms with Crippen LogP contribution in [0.3, 0.4) is 0 Å². The maximum atomic E-state index is 11.6. The van der Waals surface area contributed by atoms with Crippen molar-refractivity contribution in [1.82, 2.24) is 0 Å². The van der Waals surface area contributed by atoms with E-state index in [2.05, 4.69) is 9.47 Å². The Labute approximate surface area is 99.7 Å². The summed E-state index contributed by atoms with van der Waals surface area (Å²) in [6, 6.07) is 0. The Morgan fingerprint density at radius 2 is 1.88 bits per heavy atom. The minimum atomic E-state index is -0.600. The highest BCUT2D eigenvalue weighted by Gasteiger charge is 2.25. The van der Waals surface area contributed by atoms with Crippen LogP contribution in [0.2, 0.25) is 0 Å². The van der Waals surface area contributed by atoms with E-state index in [0.29, 0.717) is 12.2 Å². The Balaban J connectivity index is 3.10. The summed E-state index contributed by atoms with van der Waals surface area (Å²) in [5, 5.41) is 0. The number of unbranched alkanes of at least 4 members (excludes halogenated alkanes) is 1. The van der Waals surface area contributed by atoms with Crippen molar-refractivity contribution in [2.24, 2.45) is 0 Å². The number of esters is 2. The fraction of sp³-hybridized carbons (Fsp3) is 0.500. The van der Waals surface area contributed by atoms with Gasteiger partial charge in [0.1, 0.15) is 23.2 Å². The molecule has 0 atom stereocenters. The van der Waals surface area contributed by atoms with E-state index in [4.69, 9.17) is 4.42 Å². The third-order valence-electron chi connectivity index (χ3n) is 2.42. The number of ether oxygens (including phenoxy) is 2. The first-order valence-electron chi connectivity index (χ1n) is 5.42. The molecule has 5 heteroatoms. The van der Waals surface area contributed by atoms with Gasteiger partial charge in [-0.3, -0.25) is 0 Å². The zero-order valence-electron chi connectivity index (χ0n) is 10.2. The zero-order valence-corrected chi connectivity index (χ0v) is 10.2. The second kappa shape index (κ2) is 6.08. The van der Waals surface area contributed by atoms with E-state index in [1.54, 1.807) is 0 Å². The molecule has 0 bridgehead atoms. The molecule has 0 aliphatic heterocycles. The minimum Gasteiger partial charge on any atom is -0.467 e. The van der Waals surface area contributed by atoms with Crippen molar-refractivity contribution in [2.75, 3.05) is 14.2 Å². The highest BCUT2D eigenvalue weighted by Crippen LogP contribution is 2.21. The second-order valence-electron chi connectivity index (χ2n) is 3.53. The van der Waals surface area contributed by atoms with Gasteiger partial charge in [-0.15, -0.1) is 0 Å². The molecular formula is C12H16O5. The van der Waals surface area contributed by atoms with Gasteiger partial charge in [-0.05, 0) is 6.42 Å². The lowest BCUT2D eigenvalue weighted by Crippen LogP contribution is -2.11. The molecule has 0 aromatic carbocycles. The topological polar surface area (TPSA) is 65.7 Å². The SMILES string of the molecule is CCCCc1occ(C(=O)OC)c1C(=O)OC. The van der Waals surface area contributed by atoms with E-state index in [9.17, 15) is 9.59 Å². The van der Waals surface area contributed by atoms with Crippen LogP contribution in [0.25, 0.3) is 0 Å². The summed E-state index contributed by atoms with van der Waals surface area (Å²) in [4.78, 5) is 23.1. The predicted molar refractivity (Wildman–Crippen MR) is 60.0 cm³/mol. The van der Waals surface area contributed by atoms with Crippen LogP contribution in [0.1, 0.15) is 46.2 Å². The van der Waals surface area contributed by atoms with Crippen molar-refractivity contribution in [3.05, 3.63) is 23.2 Å². The van der Waals surface area contributed by atoms with Gasteiger partial charge in [0, 0.05) is 6.42 Å². The Morgan fingerprint density at radius 3 is 2.41 bits per heavy atom. The second-order valence-corrected chi connectivity index (χ2v) is 3.53. The minimum absolute atomic E-state index is 0.116. The molecule has 0 spiro atoms. The van der Waals surface area contributed by atoms with E-state index in [0.717, 1.165) is 12.8 Å². The van der Waals surface area contributed by atoms with Gasteiger partial charge >= 0.3 is 11.9 Å².